The lowest BCUT2D eigenvalue weighted by molar-refractivity contribution is -0.136. The summed E-state index contributed by atoms with van der Waals surface area (Å²) in [6.45, 7) is 0.696. The van der Waals surface area contributed by atoms with Gasteiger partial charge in [0.05, 0.1) is 6.42 Å². The molecule has 0 amide bonds. The van der Waals surface area contributed by atoms with E-state index in [0.717, 1.165) is 27.8 Å². The Bertz CT molecular complexity index is 1350. The van der Waals surface area contributed by atoms with Crippen LogP contribution in [-0.4, -0.2) is 36.3 Å². The number of hydrogen-bond acceptors (Lipinski definition) is 7. The van der Waals surface area contributed by atoms with Crippen molar-refractivity contribution < 1.29 is 9.90 Å². The van der Waals surface area contributed by atoms with E-state index in [0.29, 0.717) is 17.4 Å². The number of carbonyl (C=O) groups is 1. The number of nitrogens with two attached hydrogens (primary N) is 2. The smallest absolute Gasteiger partial charge is 0.307 e. The molecule has 0 radical (unpaired) electrons. The fourth-order valence-corrected chi connectivity index (χ4v) is 5.54. The zero-order valence-electron chi connectivity index (χ0n) is 16.8. The maximum atomic E-state index is 11.4. The van der Waals surface area contributed by atoms with Gasteiger partial charge in [0.25, 0.3) is 0 Å². The molecule has 4 aromatic rings. The molecular formula is C22H19ClN6O2S. The lowest BCUT2D eigenvalue weighted by Gasteiger charge is -2.14. The highest BCUT2D eigenvalue weighted by Crippen LogP contribution is 2.42. The standard InChI is InChI=1S/C22H19ClN6O2S/c23-14-2-4-18-16(7-14)13(10-32-18)9-29-8-12(6-19(30)31)15-3-1-11(5-17(15)29)20-26-21(24)28-22(25)27-20/h1-5,7-8,13H,6,9-10H2,(H,30,31)(H4,24,25,26,27,28). The predicted molar refractivity (Wildman–Crippen MR) is 126 cm³/mol. The first-order valence-corrected chi connectivity index (χ1v) is 11.3. The first kappa shape index (κ1) is 20.6. The second kappa shape index (κ2) is 7.99. The maximum Gasteiger partial charge on any atom is 0.307 e. The van der Waals surface area contributed by atoms with Gasteiger partial charge in [-0.15, -0.1) is 11.8 Å². The summed E-state index contributed by atoms with van der Waals surface area (Å²) < 4.78 is 2.10. The van der Waals surface area contributed by atoms with Gasteiger partial charge >= 0.3 is 5.97 Å². The van der Waals surface area contributed by atoms with Crippen LogP contribution in [0.5, 0.6) is 0 Å². The lowest BCUT2D eigenvalue weighted by atomic mass is 10.0. The molecule has 32 heavy (non-hydrogen) atoms. The molecule has 0 saturated carbocycles. The van der Waals surface area contributed by atoms with Crippen molar-refractivity contribution >= 4 is 52.1 Å². The first-order valence-electron chi connectivity index (χ1n) is 9.90. The topological polar surface area (TPSA) is 133 Å². The molecule has 1 aliphatic rings. The fraction of sp³-hybridized carbons (Fsp3) is 0.182. The lowest BCUT2D eigenvalue weighted by Crippen LogP contribution is -2.08. The molecule has 0 fully saturated rings. The summed E-state index contributed by atoms with van der Waals surface area (Å²) in [7, 11) is 0. The van der Waals surface area contributed by atoms with Crippen molar-refractivity contribution in [3.05, 3.63) is 58.7 Å². The van der Waals surface area contributed by atoms with Crippen LogP contribution in [0, 0.1) is 0 Å². The zero-order chi connectivity index (χ0) is 22.4. The molecule has 10 heteroatoms. The molecule has 0 spiro atoms. The summed E-state index contributed by atoms with van der Waals surface area (Å²) in [6, 6.07) is 11.7. The van der Waals surface area contributed by atoms with Crippen LogP contribution in [0.4, 0.5) is 11.9 Å². The Morgan fingerprint density at radius 2 is 1.94 bits per heavy atom. The van der Waals surface area contributed by atoms with Crippen LogP contribution >= 0.6 is 23.4 Å². The van der Waals surface area contributed by atoms with E-state index in [1.165, 1.54) is 10.5 Å². The summed E-state index contributed by atoms with van der Waals surface area (Å²) in [5.41, 5.74) is 15.1. The van der Waals surface area contributed by atoms with Crippen molar-refractivity contribution in [1.29, 1.82) is 0 Å². The van der Waals surface area contributed by atoms with E-state index in [2.05, 4.69) is 25.6 Å². The average molecular weight is 467 g/mol. The Hall–Kier alpha value is -3.30. The van der Waals surface area contributed by atoms with Gasteiger partial charge in [-0.3, -0.25) is 4.79 Å². The largest absolute Gasteiger partial charge is 0.481 e. The second-order valence-corrected chi connectivity index (χ2v) is 9.17. The number of benzene rings is 2. The summed E-state index contributed by atoms with van der Waals surface area (Å²) in [4.78, 5) is 24.9. The summed E-state index contributed by atoms with van der Waals surface area (Å²) in [5.74, 6) is 0.785. The molecule has 2 aromatic heterocycles. The number of anilines is 2. The number of rotatable bonds is 5. The highest BCUT2D eigenvalue weighted by molar-refractivity contribution is 7.99. The van der Waals surface area contributed by atoms with Crippen molar-refractivity contribution in [3.8, 4) is 11.4 Å². The maximum absolute atomic E-state index is 11.4. The second-order valence-electron chi connectivity index (χ2n) is 7.67. The number of nitrogen functional groups attached to an aromatic ring is 2. The number of thioether (sulfide) groups is 1. The molecule has 1 unspecified atom stereocenters. The van der Waals surface area contributed by atoms with E-state index in [4.69, 9.17) is 23.1 Å². The molecule has 5 N–H and O–H groups in total. The van der Waals surface area contributed by atoms with Gasteiger partial charge in [0.1, 0.15) is 0 Å². The summed E-state index contributed by atoms with van der Waals surface area (Å²) in [5, 5.41) is 11.0. The molecule has 5 rings (SSSR count). The van der Waals surface area contributed by atoms with Crippen molar-refractivity contribution in [2.75, 3.05) is 17.2 Å². The summed E-state index contributed by atoms with van der Waals surface area (Å²) in [6.07, 6.45) is 1.86. The number of carboxylic acids is 1. The number of hydrogen-bond donors (Lipinski definition) is 3. The third kappa shape index (κ3) is 3.85. The van der Waals surface area contributed by atoms with Crippen LogP contribution in [0.3, 0.4) is 0 Å². The first-order chi connectivity index (χ1) is 15.4. The van der Waals surface area contributed by atoms with Crippen molar-refractivity contribution in [2.45, 2.75) is 23.8 Å². The van der Waals surface area contributed by atoms with Gasteiger partial charge in [-0.25, -0.2) is 0 Å². The monoisotopic (exact) mass is 466 g/mol. The van der Waals surface area contributed by atoms with Crippen LogP contribution in [0.2, 0.25) is 5.02 Å². The van der Waals surface area contributed by atoms with E-state index in [-0.39, 0.29) is 24.2 Å². The van der Waals surface area contributed by atoms with Gasteiger partial charge < -0.3 is 21.1 Å². The quantitative estimate of drug-likeness (QED) is 0.404. The van der Waals surface area contributed by atoms with Crippen LogP contribution in [0.1, 0.15) is 17.0 Å². The van der Waals surface area contributed by atoms with E-state index in [9.17, 15) is 9.90 Å². The number of carboxylic acid groups (broad SMARTS) is 1. The Morgan fingerprint density at radius 1 is 1.16 bits per heavy atom. The number of aliphatic carboxylic acids is 1. The minimum Gasteiger partial charge on any atom is -0.481 e. The van der Waals surface area contributed by atoms with Crippen molar-refractivity contribution in [3.63, 3.8) is 0 Å². The van der Waals surface area contributed by atoms with E-state index in [1.54, 1.807) is 0 Å². The highest BCUT2D eigenvalue weighted by atomic mass is 35.5. The third-order valence-electron chi connectivity index (χ3n) is 5.50. The van der Waals surface area contributed by atoms with Gasteiger partial charge in [0, 0.05) is 50.8 Å². The highest BCUT2D eigenvalue weighted by Gasteiger charge is 2.25. The molecule has 2 aromatic carbocycles. The number of halogens is 1. The van der Waals surface area contributed by atoms with E-state index < -0.39 is 5.97 Å². The van der Waals surface area contributed by atoms with Crippen molar-refractivity contribution in [1.82, 2.24) is 19.5 Å². The normalized spacial score (nSPS) is 15.2. The Kier molecular flexibility index (Phi) is 5.15. The third-order valence-corrected chi connectivity index (χ3v) is 6.99. The van der Waals surface area contributed by atoms with E-state index >= 15 is 0 Å². The average Bonchev–Trinajstić information content (AvgIpc) is 3.28. The molecule has 3 heterocycles. The number of aromatic nitrogens is 4. The Balaban J connectivity index is 1.60. The molecule has 0 aliphatic carbocycles. The van der Waals surface area contributed by atoms with Gasteiger partial charge in [-0.1, -0.05) is 23.7 Å². The zero-order valence-corrected chi connectivity index (χ0v) is 18.4. The fourth-order valence-electron chi connectivity index (χ4n) is 4.14. The van der Waals surface area contributed by atoms with Crippen LogP contribution < -0.4 is 11.5 Å². The van der Waals surface area contributed by atoms with Crippen molar-refractivity contribution in [2.24, 2.45) is 0 Å². The summed E-state index contributed by atoms with van der Waals surface area (Å²) >= 11 is 8.05. The van der Waals surface area contributed by atoms with Crippen LogP contribution in [0.15, 0.2) is 47.5 Å². The Labute approximate surface area is 192 Å². The predicted octanol–water partition coefficient (Wildman–Crippen LogP) is 3.83. The van der Waals surface area contributed by atoms with Crippen LogP contribution in [-0.2, 0) is 17.8 Å². The number of nitrogens with zero attached hydrogens (tertiary/aromatic N) is 4. The Morgan fingerprint density at radius 3 is 2.69 bits per heavy atom. The minimum atomic E-state index is -0.875. The SMILES string of the molecule is Nc1nc(N)nc(-c2ccc3c(CC(=O)O)cn(CC4CSc5ccc(Cl)cc54)c3c2)n1. The van der Waals surface area contributed by atoms with Crippen LogP contribution in [0.25, 0.3) is 22.3 Å². The molecule has 0 bridgehead atoms. The molecule has 162 valence electrons. The molecule has 1 atom stereocenters. The minimum absolute atomic E-state index is 0.0472. The molecule has 8 nitrogen and oxygen atoms in total. The number of fused-ring (bicyclic) bond motifs is 2. The molecule has 0 saturated heterocycles. The van der Waals surface area contributed by atoms with Gasteiger partial charge in [-0.05, 0) is 35.4 Å². The van der Waals surface area contributed by atoms with E-state index in [1.807, 2.05) is 48.3 Å². The molecule has 1 aliphatic heterocycles. The van der Waals surface area contributed by atoms with Gasteiger partial charge in [-0.2, -0.15) is 15.0 Å². The van der Waals surface area contributed by atoms with Gasteiger partial charge in [0.15, 0.2) is 5.82 Å². The van der Waals surface area contributed by atoms with Gasteiger partial charge in [0.2, 0.25) is 11.9 Å². The molecular weight excluding hydrogens is 448 g/mol.